The van der Waals surface area contributed by atoms with E-state index >= 15 is 0 Å². The Bertz CT molecular complexity index is 900. The molecule has 0 radical (unpaired) electrons. The molecule has 0 atom stereocenters. The molecule has 0 aliphatic heterocycles. The highest BCUT2D eigenvalue weighted by atomic mass is 19.4. The number of halogens is 11. The Morgan fingerprint density at radius 1 is 0.700 bits per heavy atom. The highest BCUT2D eigenvalue weighted by Crippen LogP contribution is 2.39. The first-order chi connectivity index (χ1) is 13.6. The molecule has 2 rings (SSSR count). The molecule has 2 aromatic carbocycles. The Hall–Kier alpha value is -2.79. The van der Waals surface area contributed by atoms with Gasteiger partial charge in [-0.1, -0.05) is 6.07 Å². The molecule has 0 aliphatic rings. The lowest BCUT2D eigenvalue weighted by Gasteiger charge is -2.17. The van der Waals surface area contributed by atoms with Crippen molar-refractivity contribution in [2.45, 2.75) is 24.9 Å². The van der Waals surface area contributed by atoms with Crippen LogP contribution in [0.4, 0.5) is 59.7 Å². The van der Waals surface area contributed by atoms with Crippen LogP contribution in [0.15, 0.2) is 48.6 Å². The molecule has 1 N–H and O–H groups in total. The Morgan fingerprint density at radius 2 is 1.23 bits per heavy atom. The summed E-state index contributed by atoms with van der Waals surface area (Å²) < 4.78 is 141. The molecule has 0 fully saturated rings. The number of hydrogen-bond acceptors (Lipinski definition) is 1. The van der Waals surface area contributed by atoms with Crippen molar-refractivity contribution in [3.8, 4) is 0 Å². The van der Waals surface area contributed by atoms with Gasteiger partial charge in [0.1, 0.15) is 0 Å². The molecule has 1 nitrogen and oxygen atoms in total. The Kier molecular flexibility index (Phi) is 6.38. The van der Waals surface area contributed by atoms with Crippen molar-refractivity contribution in [3.63, 3.8) is 0 Å². The minimum Gasteiger partial charge on any atom is -0.355 e. The third kappa shape index (κ3) is 6.10. The molecule has 164 valence electrons. The maximum Gasteiger partial charge on any atom is 0.416 e. The van der Waals surface area contributed by atoms with Crippen LogP contribution in [0.5, 0.6) is 0 Å². The van der Waals surface area contributed by atoms with Gasteiger partial charge < -0.3 is 5.32 Å². The average molecular weight is 449 g/mol. The van der Waals surface area contributed by atoms with E-state index in [0.717, 1.165) is 12.1 Å². The number of allylic oxidation sites excluding steroid dienone is 1. The van der Waals surface area contributed by atoms with Crippen molar-refractivity contribution in [1.82, 2.24) is 0 Å². The van der Waals surface area contributed by atoms with E-state index in [1.165, 1.54) is 0 Å². The van der Waals surface area contributed by atoms with Gasteiger partial charge in [0.15, 0.2) is 0 Å². The fourth-order valence-corrected chi connectivity index (χ4v) is 2.48. The summed E-state index contributed by atoms with van der Waals surface area (Å²) in [6.45, 7) is 0. The molecule has 0 saturated heterocycles. The maximum absolute atomic E-state index is 13.2. The Labute approximate surface area is 161 Å². The van der Waals surface area contributed by atoms with Gasteiger partial charge in [-0.15, -0.1) is 0 Å². The molecule has 0 saturated carbocycles. The van der Waals surface area contributed by atoms with Gasteiger partial charge in [-0.3, -0.25) is 0 Å². The zero-order chi connectivity index (χ0) is 22.9. The third-order valence-electron chi connectivity index (χ3n) is 3.77. The molecule has 0 unspecified atom stereocenters. The zero-order valence-electron chi connectivity index (χ0n) is 14.4. The number of hydrogen-bond donors (Lipinski definition) is 1. The van der Waals surface area contributed by atoms with E-state index < -0.39 is 64.7 Å². The van der Waals surface area contributed by atoms with Gasteiger partial charge in [-0.05, 0) is 48.4 Å². The first-order valence-electron chi connectivity index (χ1n) is 7.85. The summed E-state index contributed by atoms with van der Waals surface area (Å²) >= 11 is 0. The third-order valence-corrected chi connectivity index (χ3v) is 3.77. The van der Waals surface area contributed by atoms with E-state index in [1.807, 2.05) is 0 Å². The van der Waals surface area contributed by atoms with Crippen LogP contribution in [0.1, 0.15) is 22.3 Å². The minimum atomic E-state index is -5.14. The van der Waals surface area contributed by atoms with Gasteiger partial charge in [-0.2, -0.15) is 48.3 Å². The molecule has 12 heteroatoms. The van der Waals surface area contributed by atoms with Gasteiger partial charge in [0, 0.05) is 11.4 Å². The lowest BCUT2D eigenvalue weighted by Crippen LogP contribution is -2.12. The first-order valence-corrected chi connectivity index (χ1v) is 7.85. The summed E-state index contributed by atoms with van der Waals surface area (Å²) in [4.78, 5) is 0. The molecule has 0 amide bonds. The number of benzene rings is 2. The van der Waals surface area contributed by atoms with E-state index in [4.69, 9.17) is 0 Å². The van der Waals surface area contributed by atoms with Crippen molar-refractivity contribution >= 4 is 11.4 Å². The van der Waals surface area contributed by atoms with Gasteiger partial charge in [-0.25, -0.2) is 0 Å². The lowest BCUT2D eigenvalue weighted by atomic mass is 10.0. The molecular formula is C18H10F11N. The summed E-state index contributed by atoms with van der Waals surface area (Å²) in [5.41, 5.74) is -6.48. The molecule has 30 heavy (non-hydrogen) atoms. The van der Waals surface area contributed by atoms with Crippen molar-refractivity contribution < 1.29 is 48.3 Å². The maximum atomic E-state index is 13.2. The van der Waals surface area contributed by atoms with Crippen LogP contribution in [0.2, 0.25) is 0 Å². The quantitative estimate of drug-likeness (QED) is 0.470. The predicted molar refractivity (Wildman–Crippen MR) is 85.2 cm³/mol. The smallest absolute Gasteiger partial charge is 0.355 e. The lowest BCUT2D eigenvalue weighted by molar-refractivity contribution is -0.143. The number of alkyl halides is 9. The number of anilines is 2. The van der Waals surface area contributed by atoms with Crippen molar-refractivity contribution in [3.05, 3.63) is 70.8 Å². The van der Waals surface area contributed by atoms with Crippen molar-refractivity contribution in [1.29, 1.82) is 0 Å². The van der Waals surface area contributed by atoms with Crippen LogP contribution in [0.3, 0.4) is 0 Å². The standard InChI is InChI=1S/C18H10F11N/c19-15(20)4-2-9-1-3-12(8-14(9)18(27,28)29)30-13-6-10(16(21,22)23)5-11(7-13)17(24,25)26/h1,3-8,30H,2H2. The van der Waals surface area contributed by atoms with Gasteiger partial charge in [0.2, 0.25) is 0 Å². The van der Waals surface area contributed by atoms with E-state index in [-0.39, 0.29) is 12.1 Å². The van der Waals surface area contributed by atoms with E-state index in [0.29, 0.717) is 18.2 Å². The van der Waals surface area contributed by atoms with Crippen LogP contribution in [-0.2, 0) is 24.9 Å². The highest BCUT2D eigenvalue weighted by Gasteiger charge is 2.37. The Morgan fingerprint density at radius 3 is 1.67 bits per heavy atom. The van der Waals surface area contributed by atoms with E-state index in [9.17, 15) is 48.3 Å². The minimum absolute atomic E-state index is 0.132. The van der Waals surface area contributed by atoms with Crippen molar-refractivity contribution in [2.24, 2.45) is 0 Å². The second-order valence-corrected chi connectivity index (χ2v) is 5.99. The molecular weight excluding hydrogens is 439 g/mol. The van der Waals surface area contributed by atoms with Crippen LogP contribution < -0.4 is 5.32 Å². The average Bonchev–Trinajstić information content (AvgIpc) is 2.58. The summed E-state index contributed by atoms with van der Waals surface area (Å²) in [6.07, 6.45) is -18.0. The van der Waals surface area contributed by atoms with E-state index in [1.54, 1.807) is 0 Å². The summed E-state index contributed by atoms with van der Waals surface area (Å²) in [5.74, 6) is 0. The summed E-state index contributed by atoms with van der Waals surface area (Å²) in [5, 5.41) is 2.07. The SMILES string of the molecule is FC(F)=CCc1ccc(Nc2cc(C(F)(F)F)cc(C(F)(F)F)c2)cc1C(F)(F)F. The van der Waals surface area contributed by atoms with Crippen LogP contribution >= 0.6 is 0 Å². The number of nitrogens with one attached hydrogen (secondary N) is 1. The van der Waals surface area contributed by atoms with Gasteiger partial charge in [0.05, 0.1) is 16.7 Å². The second kappa shape index (κ2) is 8.15. The monoisotopic (exact) mass is 449 g/mol. The van der Waals surface area contributed by atoms with Crippen LogP contribution in [0.25, 0.3) is 0 Å². The van der Waals surface area contributed by atoms with Crippen molar-refractivity contribution in [2.75, 3.05) is 5.32 Å². The van der Waals surface area contributed by atoms with E-state index in [2.05, 4.69) is 5.32 Å². The highest BCUT2D eigenvalue weighted by molar-refractivity contribution is 5.63. The first kappa shape index (κ1) is 23.5. The second-order valence-electron chi connectivity index (χ2n) is 5.99. The van der Waals surface area contributed by atoms with Crippen LogP contribution in [0, 0.1) is 0 Å². The fourth-order valence-electron chi connectivity index (χ4n) is 2.48. The molecule has 0 aromatic heterocycles. The van der Waals surface area contributed by atoms with Gasteiger partial charge >= 0.3 is 18.5 Å². The normalized spacial score (nSPS) is 12.6. The molecule has 0 spiro atoms. The van der Waals surface area contributed by atoms with Gasteiger partial charge in [0.25, 0.3) is 6.08 Å². The molecule has 0 aliphatic carbocycles. The van der Waals surface area contributed by atoms with Crippen LogP contribution in [-0.4, -0.2) is 0 Å². The zero-order valence-corrected chi connectivity index (χ0v) is 14.4. The summed E-state index contributed by atoms with van der Waals surface area (Å²) in [6, 6.07) is 2.60. The Balaban J connectivity index is 2.50. The fraction of sp³-hybridized carbons (Fsp3) is 0.222. The molecule has 2 aromatic rings. The molecule has 0 bridgehead atoms. The largest absolute Gasteiger partial charge is 0.416 e. The number of rotatable bonds is 4. The summed E-state index contributed by atoms with van der Waals surface area (Å²) in [7, 11) is 0. The topological polar surface area (TPSA) is 12.0 Å². The predicted octanol–water partition coefficient (Wildman–Crippen LogP) is 7.81. The molecule has 0 heterocycles.